The van der Waals surface area contributed by atoms with E-state index in [4.69, 9.17) is 0 Å². The van der Waals surface area contributed by atoms with Crippen LogP contribution in [0, 0.1) is 0 Å². The van der Waals surface area contributed by atoms with Crippen LogP contribution in [0.4, 0.5) is 0 Å². The number of hydrogen-bond acceptors (Lipinski definition) is 0. The lowest BCUT2D eigenvalue weighted by Crippen LogP contribution is -1.94. The predicted octanol–water partition coefficient (Wildman–Crippen LogP) is 29.3. The molecular weight excluding hydrogens is 1350 g/mol. The van der Waals surface area contributed by atoms with E-state index in [1.54, 1.807) is 0 Å². The first-order valence-corrected chi connectivity index (χ1v) is 38.7. The molecule has 0 aliphatic carbocycles. The number of para-hydroxylation sites is 6. The first-order chi connectivity index (χ1) is 55.6. The Kier molecular flexibility index (Phi) is 14.3. The first kappa shape index (κ1) is 63.3. The van der Waals surface area contributed by atoms with E-state index in [1.807, 2.05) is 0 Å². The van der Waals surface area contributed by atoms with Crippen LogP contribution in [0.5, 0.6) is 0 Å². The first-order valence-electron chi connectivity index (χ1n) is 38.7. The average Bonchev–Trinajstić information content (AvgIpc) is 1.04. The molecule has 0 saturated heterocycles. The molecule has 4 aromatic heterocycles. The van der Waals surface area contributed by atoms with E-state index in [0.29, 0.717) is 0 Å². The monoisotopic (exact) mass is 1420 g/mol. The van der Waals surface area contributed by atoms with Crippen molar-refractivity contribution in [1.29, 1.82) is 0 Å². The van der Waals surface area contributed by atoms with E-state index < -0.39 is 0 Å². The SMILES string of the molecule is c1ccc(-n2c3ccccc3c3cc(-c4ccc(-n5c6ccccc6c6cc(-c7ccc8c9ccccc9c9ccccc9c8c7)ccc65)cc4)ccc32)cc1.c1ccc(-n2c3ccccc3c3cc(-c4ccc(-n5c6ccccc6c6ccc(-c7ccc8c9ccccc9c9ccccc9c8c7)cc65)cc4)ccc32)cc1. The van der Waals surface area contributed by atoms with Gasteiger partial charge in [0.15, 0.2) is 0 Å². The van der Waals surface area contributed by atoms with Gasteiger partial charge in [0, 0.05) is 65.8 Å². The standard InChI is InChI=1S/2C54H34N2/c1-2-12-39(13-3-1)55-52-21-11-9-19-47(52)50-33-36(26-31-53(50)55)35-22-27-40(28-23-35)56-51-20-10-8-18-46(51)48-30-25-38(34-54(48)56)37-24-29-45-43-16-5-4-14-41(43)42-15-6-7-17-44(42)49(45)32-37;1-2-12-39(13-3-1)55-51-20-10-8-18-46(51)49-33-36(25-30-53(49)55)35-22-27-40(28-23-35)56-52-21-11-9-19-47(52)50-34-38(26-31-54(50)56)37-24-29-45-43-16-5-4-14-41(43)42-15-6-7-17-44(42)48(45)32-37/h2*1-34H. The van der Waals surface area contributed by atoms with Crippen molar-refractivity contribution in [3.05, 3.63) is 413 Å². The van der Waals surface area contributed by atoms with Gasteiger partial charge >= 0.3 is 0 Å². The van der Waals surface area contributed by atoms with Gasteiger partial charge in [0.05, 0.1) is 44.1 Å². The summed E-state index contributed by atoms with van der Waals surface area (Å²) in [5, 5.41) is 25.6. The minimum absolute atomic E-state index is 1.15. The van der Waals surface area contributed by atoms with E-state index in [9.17, 15) is 0 Å². The molecule has 0 aliphatic rings. The Morgan fingerprint density at radius 1 is 0.0982 bits per heavy atom. The molecule has 0 saturated carbocycles. The zero-order chi connectivity index (χ0) is 73.5. The fourth-order valence-electron chi connectivity index (χ4n) is 18.7. The predicted molar refractivity (Wildman–Crippen MR) is 477 cm³/mol. The molecule has 112 heavy (non-hydrogen) atoms. The molecule has 520 valence electrons. The molecule has 0 radical (unpaired) electrons. The van der Waals surface area contributed by atoms with Gasteiger partial charge in [-0.2, -0.15) is 0 Å². The second kappa shape index (κ2) is 25.4. The van der Waals surface area contributed by atoms with Crippen molar-refractivity contribution >= 4 is 152 Å². The Morgan fingerprint density at radius 3 is 0.616 bits per heavy atom. The van der Waals surface area contributed by atoms with Crippen molar-refractivity contribution in [1.82, 2.24) is 18.3 Å². The maximum absolute atomic E-state index is 2.43. The van der Waals surface area contributed by atoms with Crippen molar-refractivity contribution < 1.29 is 0 Å². The largest absolute Gasteiger partial charge is 0.309 e. The van der Waals surface area contributed by atoms with Gasteiger partial charge in [-0.3, -0.25) is 0 Å². The number of nitrogens with zero attached hydrogens (tertiary/aromatic N) is 4. The third-order valence-corrected chi connectivity index (χ3v) is 23.8. The highest BCUT2D eigenvalue weighted by atomic mass is 15.0. The summed E-state index contributed by atoms with van der Waals surface area (Å²) in [6.45, 7) is 0. The molecule has 4 heteroatoms. The molecule has 24 rings (SSSR count). The lowest BCUT2D eigenvalue weighted by Gasteiger charge is -2.13. The van der Waals surface area contributed by atoms with Crippen LogP contribution in [0.3, 0.4) is 0 Å². The number of hydrogen-bond donors (Lipinski definition) is 0. The molecule has 0 spiro atoms. The quantitative estimate of drug-likeness (QED) is 0.135. The van der Waals surface area contributed by atoms with Crippen LogP contribution in [0.25, 0.3) is 219 Å². The van der Waals surface area contributed by atoms with Crippen LogP contribution < -0.4 is 0 Å². The van der Waals surface area contributed by atoms with Gasteiger partial charge in [-0.25, -0.2) is 0 Å². The molecule has 0 amide bonds. The van der Waals surface area contributed by atoms with Gasteiger partial charge in [-0.05, 0) is 237 Å². The highest BCUT2D eigenvalue weighted by Gasteiger charge is 2.21. The van der Waals surface area contributed by atoms with Crippen LogP contribution in [0.2, 0.25) is 0 Å². The highest BCUT2D eigenvalue weighted by molar-refractivity contribution is 6.28. The Labute approximate surface area is 645 Å². The van der Waals surface area contributed by atoms with Crippen LogP contribution in [-0.4, -0.2) is 18.3 Å². The molecule has 0 unspecified atom stereocenters. The minimum atomic E-state index is 1.15. The van der Waals surface area contributed by atoms with Gasteiger partial charge in [0.25, 0.3) is 0 Å². The molecular formula is C108H68N4. The maximum Gasteiger partial charge on any atom is 0.0547 e. The third kappa shape index (κ3) is 9.95. The second-order valence-electron chi connectivity index (χ2n) is 29.8. The summed E-state index contributed by atoms with van der Waals surface area (Å²) in [7, 11) is 0. The number of benzene rings is 20. The third-order valence-electron chi connectivity index (χ3n) is 23.8. The molecule has 0 aliphatic heterocycles. The average molecular weight is 1420 g/mol. The van der Waals surface area contributed by atoms with Gasteiger partial charge in [-0.1, -0.05) is 285 Å². The van der Waals surface area contributed by atoms with E-state index in [2.05, 4.69) is 431 Å². The van der Waals surface area contributed by atoms with Crippen molar-refractivity contribution in [3.63, 3.8) is 0 Å². The van der Waals surface area contributed by atoms with Crippen molar-refractivity contribution in [2.24, 2.45) is 0 Å². The minimum Gasteiger partial charge on any atom is -0.309 e. The van der Waals surface area contributed by atoms with E-state index in [-0.39, 0.29) is 0 Å². The summed E-state index contributed by atoms with van der Waals surface area (Å²) >= 11 is 0. The Bertz CT molecular complexity index is 7890. The maximum atomic E-state index is 2.43. The fraction of sp³-hybridized carbons (Fsp3) is 0. The molecule has 4 nitrogen and oxygen atoms in total. The van der Waals surface area contributed by atoms with Crippen molar-refractivity contribution in [2.45, 2.75) is 0 Å². The lowest BCUT2D eigenvalue weighted by atomic mass is 9.92. The van der Waals surface area contributed by atoms with Gasteiger partial charge in [0.1, 0.15) is 0 Å². The van der Waals surface area contributed by atoms with Gasteiger partial charge < -0.3 is 18.3 Å². The molecule has 0 N–H and O–H groups in total. The molecule has 4 heterocycles. The van der Waals surface area contributed by atoms with Gasteiger partial charge in [-0.15, -0.1) is 0 Å². The normalized spacial score (nSPS) is 11.9. The lowest BCUT2D eigenvalue weighted by molar-refractivity contribution is 1.18. The summed E-state index contributed by atoms with van der Waals surface area (Å²) in [5.41, 5.74) is 24.0. The van der Waals surface area contributed by atoms with Crippen molar-refractivity contribution in [3.8, 4) is 67.3 Å². The molecule has 0 bridgehead atoms. The summed E-state index contributed by atoms with van der Waals surface area (Å²) in [5.74, 6) is 0. The van der Waals surface area contributed by atoms with Crippen LogP contribution in [0.1, 0.15) is 0 Å². The smallest absolute Gasteiger partial charge is 0.0547 e. The molecule has 0 fully saturated rings. The topological polar surface area (TPSA) is 19.7 Å². The Hall–Kier alpha value is -14.8. The number of aromatic nitrogens is 4. The highest BCUT2D eigenvalue weighted by Crippen LogP contribution is 2.45. The van der Waals surface area contributed by atoms with Crippen LogP contribution in [-0.2, 0) is 0 Å². The van der Waals surface area contributed by atoms with E-state index >= 15 is 0 Å². The van der Waals surface area contributed by atoms with E-state index in [1.165, 1.54) is 208 Å². The van der Waals surface area contributed by atoms with Crippen LogP contribution in [0.15, 0.2) is 413 Å². The summed E-state index contributed by atoms with van der Waals surface area (Å²) < 4.78 is 9.58. The van der Waals surface area contributed by atoms with Crippen LogP contribution >= 0.6 is 0 Å². The molecule has 0 atom stereocenters. The number of rotatable bonds is 8. The second-order valence-corrected chi connectivity index (χ2v) is 29.8. The summed E-state index contributed by atoms with van der Waals surface area (Å²) in [4.78, 5) is 0. The fourth-order valence-corrected chi connectivity index (χ4v) is 18.7. The molecule has 20 aromatic carbocycles. The van der Waals surface area contributed by atoms with Crippen molar-refractivity contribution in [2.75, 3.05) is 0 Å². The number of fused-ring (bicyclic) bond motifs is 24. The van der Waals surface area contributed by atoms with Gasteiger partial charge in [0.2, 0.25) is 0 Å². The van der Waals surface area contributed by atoms with E-state index in [0.717, 1.165) is 11.4 Å². The summed E-state index contributed by atoms with van der Waals surface area (Å²) in [6, 6.07) is 151. The molecule has 24 aromatic rings. The zero-order valence-electron chi connectivity index (χ0n) is 61.0. The summed E-state index contributed by atoms with van der Waals surface area (Å²) in [6.07, 6.45) is 0. The Morgan fingerprint density at radius 2 is 0.286 bits per heavy atom. The zero-order valence-corrected chi connectivity index (χ0v) is 61.0. The Balaban J connectivity index is 0.000000134.